The number of rotatable bonds is 4. The molecule has 0 bridgehead atoms. The Bertz CT molecular complexity index is 501. The Morgan fingerprint density at radius 2 is 2.05 bits per heavy atom. The van der Waals surface area contributed by atoms with Crippen molar-refractivity contribution in [3.8, 4) is 0 Å². The lowest BCUT2D eigenvalue weighted by Crippen LogP contribution is -2.39. The highest BCUT2D eigenvalue weighted by atomic mass is 16.1. The SMILES string of the molecule is CCNc1cc(C)ncc1C(=O)NC1CCC(C)(C)CC1. The van der Waals surface area contributed by atoms with Crippen molar-refractivity contribution in [2.45, 2.75) is 59.4 Å². The summed E-state index contributed by atoms with van der Waals surface area (Å²) >= 11 is 0. The van der Waals surface area contributed by atoms with Gasteiger partial charge in [-0.3, -0.25) is 9.78 Å². The number of pyridine rings is 1. The van der Waals surface area contributed by atoms with E-state index in [1.165, 1.54) is 12.8 Å². The number of aryl methyl sites for hydroxylation is 1. The van der Waals surface area contributed by atoms with Gasteiger partial charge in [0.1, 0.15) is 0 Å². The Balaban J connectivity index is 2.04. The molecule has 4 nitrogen and oxygen atoms in total. The van der Waals surface area contributed by atoms with Gasteiger partial charge in [0.2, 0.25) is 0 Å². The summed E-state index contributed by atoms with van der Waals surface area (Å²) in [6.45, 7) is 9.37. The molecule has 21 heavy (non-hydrogen) atoms. The van der Waals surface area contributed by atoms with Crippen molar-refractivity contribution >= 4 is 11.6 Å². The van der Waals surface area contributed by atoms with Crippen LogP contribution in [-0.4, -0.2) is 23.5 Å². The van der Waals surface area contributed by atoms with E-state index in [0.717, 1.165) is 30.8 Å². The van der Waals surface area contributed by atoms with Gasteiger partial charge in [0.15, 0.2) is 0 Å². The van der Waals surface area contributed by atoms with Gasteiger partial charge >= 0.3 is 0 Å². The second-order valence-electron chi connectivity index (χ2n) is 6.81. The summed E-state index contributed by atoms with van der Waals surface area (Å²) in [7, 11) is 0. The summed E-state index contributed by atoms with van der Waals surface area (Å²) in [5.41, 5.74) is 2.86. The second kappa shape index (κ2) is 6.46. The first-order valence-electron chi connectivity index (χ1n) is 7.92. The quantitative estimate of drug-likeness (QED) is 0.891. The van der Waals surface area contributed by atoms with Crippen LogP contribution in [0.3, 0.4) is 0 Å². The molecular formula is C17H27N3O. The minimum absolute atomic E-state index is 0.0110. The number of hydrogen-bond acceptors (Lipinski definition) is 3. The van der Waals surface area contributed by atoms with Crippen LogP contribution < -0.4 is 10.6 Å². The Kier molecular flexibility index (Phi) is 4.86. The van der Waals surface area contributed by atoms with Crippen LogP contribution in [0.15, 0.2) is 12.3 Å². The molecule has 116 valence electrons. The fraction of sp³-hybridized carbons (Fsp3) is 0.647. The maximum atomic E-state index is 12.5. The van der Waals surface area contributed by atoms with Crippen LogP contribution in [0.1, 0.15) is 62.5 Å². The molecular weight excluding hydrogens is 262 g/mol. The lowest BCUT2D eigenvalue weighted by Gasteiger charge is -2.34. The van der Waals surface area contributed by atoms with Crippen molar-refractivity contribution in [1.29, 1.82) is 0 Å². The molecule has 0 unspecified atom stereocenters. The Morgan fingerprint density at radius 3 is 2.67 bits per heavy atom. The average Bonchev–Trinajstić information content (AvgIpc) is 2.41. The summed E-state index contributed by atoms with van der Waals surface area (Å²) < 4.78 is 0. The topological polar surface area (TPSA) is 54.0 Å². The summed E-state index contributed by atoms with van der Waals surface area (Å²) in [5, 5.41) is 6.42. The minimum Gasteiger partial charge on any atom is -0.385 e. The van der Waals surface area contributed by atoms with Gasteiger partial charge in [-0.05, 0) is 51.0 Å². The maximum absolute atomic E-state index is 12.5. The van der Waals surface area contributed by atoms with Crippen molar-refractivity contribution in [3.63, 3.8) is 0 Å². The number of carbonyl (C=O) groups is 1. The Hall–Kier alpha value is -1.58. The van der Waals surface area contributed by atoms with Crippen LogP contribution in [-0.2, 0) is 0 Å². The zero-order valence-corrected chi connectivity index (χ0v) is 13.6. The van der Waals surface area contributed by atoms with Crippen molar-refractivity contribution < 1.29 is 4.79 Å². The number of nitrogens with one attached hydrogen (secondary N) is 2. The monoisotopic (exact) mass is 289 g/mol. The van der Waals surface area contributed by atoms with Crippen LogP contribution in [0.5, 0.6) is 0 Å². The molecule has 0 radical (unpaired) electrons. The van der Waals surface area contributed by atoms with Gasteiger partial charge < -0.3 is 10.6 Å². The van der Waals surface area contributed by atoms with Gasteiger partial charge in [0.05, 0.1) is 11.3 Å². The van der Waals surface area contributed by atoms with E-state index in [-0.39, 0.29) is 5.91 Å². The first kappa shape index (κ1) is 15.8. The predicted octanol–water partition coefficient (Wildman–Crippen LogP) is 3.52. The highest BCUT2D eigenvalue weighted by Gasteiger charge is 2.28. The molecule has 1 aliphatic carbocycles. The molecule has 0 saturated heterocycles. The standard InChI is InChI=1S/C17H27N3O/c1-5-18-15-10-12(2)19-11-14(15)16(21)20-13-6-8-17(3,4)9-7-13/h10-11,13H,5-9H2,1-4H3,(H,18,19)(H,20,21). The smallest absolute Gasteiger partial charge is 0.255 e. The summed E-state index contributed by atoms with van der Waals surface area (Å²) in [5.74, 6) is -0.0110. The first-order chi connectivity index (χ1) is 9.91. The summed E-state index contributed by atoms with van der Waals surface area (Å²) in [6, 6.07) is 2.23. The van der Waals surface area contributed by atoms with Gasteiger partial charge in [0, 0.05) is 24.5 Å². The van der Waals surface area contributed by atoms with E-state index in [2.05, 4.69) is 29.5 Å². The molecule has 0 aromatic carbocycles. The van der Waals surface area contributed by atoms with E-state index in [1.807, 2.05) is 19.9 Å². The van der Waals surface area contributed by atoms with Crippen molar-refractivity contribution in [2.75, 3.05) is 11.9 Å². The van der Waals surface area contributed by atoms with Crippen LogP contribution in [0, 0.1) is 12.3 Å². The van der Waals surface area contributed by atoms with Crippen LogP contribution in [0.4, 0.5) is 5.69 Å². The molecule has 4 heteroatoms. The van der Waals surface area contributed by atoms with Gasteiger partial charge in [-0.2, -0.15) is 0 Å². The molecule has 1 aliphatic rings. The second-order valence-corrected chi connectivity index (χ2v) is 6.81. The molecule has 0 aliphatic heterocycles. The predicted molar refractivity (Wildman–Crippen MR) is 86.6 cm³/mol. The molecule has 1 amide bonds. The third-order valence-electron chi connectivity index (χ3n) is 4.33. The molecule has 0 atom stereocenters. The minimum atomic E-state index is -0.0110. The number of hydrogen-bond donors (Lipinski definition) is 2. The van der Waals surface area contributed by atoms with Gasteiger partial charge in [-0.25, -0.2) is 0 Å². The highest BCUT2D eigenvalue weighted by molar-refractivity contribution is 5.99. The van der Waals surface area contributed by atoms with Crippen LogP contribution in [0.2, 0.25) is 0 Å². The number of carbonyl (C=O) groups excluding carboxylic acids is 1. The zero-order chi connectivity index (χ0) is 15.5. The van der Waals surface area contributed by atoms with E-state index in [1.54, 1.807) is 6.20 Å². The Morgan fingerprint density at radius 1 is 1.38 bits per heavy atom. The third kappa shape index (κ3) is 4.19. The molecule has 1 heterocycles. The maximum Gasteiger partial charge on any atom is 0.255 e. The number of aromatic nitrogens is 1. The molecule has 2 N–H and O–H groups in total. The first-order valence-corrected chi connectivity index (χ1v) is 7.92. The van der Waals surface area contributed by atoms with Gasteiger partial charge in [0.25, 0.3) is 5.91 Å². The molecule has 1 fully saturated rings. The number of anilines is 1. The molecule has 1 aromatic heterocycles. The van der Waals surface area contributed by atoms with E-state index in [0.29, 0.717) is 17.0 Å². The average molecular weight is 289 g/mol. The van der Waals surface area contributed by atoms with Crippen LogP contribution in [0.25, 0.3) is 0 Å². The third-order valence-corrected chi connectivity index (χ3v) is 4.33. The lowest BCUT2D eigenvalue weighted by molar-refractivity contribution is 0.0909. The van der Waals surface area contributed by atoms with Gasteiger partial charge in [-0.1, -0.05) is 13.8 Å². The zero-order valence-electron chi connectivity index (χ0n) is 13.6. The highest BCUT2D eigenvalue weighted by Crippen LogP contribution is 2.35. The van der Waals surface area contributed by atoms with Gasteiger partial charge in [-0.15, -0.1) is 0 Å². The molecule has 2 rings (SSSR count). The lowest BCUT2D eigenvalue weighted by atomic mass is 9.75. The molecule has 1 saturated carbocycles. The van der Waals surface area contributed by atoms with E-state index < -0.39 is 0 Å². The largest absolute Gasteiger partial charge is 0.385 e. The van der Waals surface area contributed by atoms with E-state index >= 15 is 0 Å². The van der Waals surface area contributed by atoms with Crippen molar-refractivity contribution in [3.05, 3.63) is 23.5 Å². The fourth-order valence-corrected chi connectivity index (χ4v) is 2.88. The van der Waals surface area contributed by atoms with Crippen molar-refractivity contribution in [2.24, 2.45) is 5.41 Å². The summed E-state index contributed by atoms with van der Waals surface area (Å²) in [4.78, 5) is 16.7. The van der Waals surface area contributed by atoms with E-state index in [9.17, 15) is 4.79 Å². The van der Waals surface area contributed by atoms with Crippen LogP contribution >= 0.6 is 0 Å². The van der Waals surface area contributed by atoms with Crippen molar-refractivity contribution in [1.82, 2.24) is 10.3 Å². The normalized spacial score (nSPS) is 18.3. The Labute approximate surface area is 127 Å². The number of nitrogens with zero attached hydrogens (tertiary/aromatic N) is 1. The number of amides is 1. The summed E-state index contributed by atoms with van der Waals surface area (Å²) in [6.07, 6.45) is 6.15. The fourth-order valence-electron chi connectivity index (χ4n) is 2.88. The van der Waals surface area contributed by atoms with E-state index in [4.69, 9.17) is 0 Å². The molecule has 0 spiro atoms. The molecule has 1 aromatic rings.